The normalized spacial score (nSPS) is 16.7. The topological polar surface area (TPSA) is 189 Å². The van der Waals surface area contributed by atoms with E-state index in [0.717, 1.165) is 0 Å². The van der Waals surface area contributed by atoms with Gasteiger partial charge in [-0.05, 0) is 37.3 Å². The number of halogens is 2. The molecule has 0 bridgehead atoms. The van der Waals surface area contributed by atoms with Crippen molar-refractivity contribution < 1.29 is 47.2 Å². The Bertz CT molecular complexity index is 1630. The van der Waals surface area contributed by atoms with Crippen molar-refractivity contribution >= 4 is 41.5 Å². The second-order valence-corrected chi connectivity index (χ2v) is 13.3. The molecular formula is C38H50F2N6O8. The van der Waals surface area contributed by atoms with Gasteiger partial charge in [0.1, 0.15) is 24.7 Å². The Kier molecular flexibility index (Phi) is 16.2. The summed E-state index contributed by atoms with van der Waals surface area (Å²) in [5.41, 5.74) is 6.85. The SMILES string of the molecule is CCCC[C@@H](C(=O)N[C@@H](Cc1ccccc1)C(=O)N[C@@](F)(CCCC)C(=O)N(C)F)N(C(=O)OCc1ccccc1)C(=O)[C@@H]1CCC(=O)N1C(=O)[C@H](C)N. The molecule has 0 aliphatic carbocycles. The van der Waals surface area contributed by atoms with Crippen molar-refractivity contribution in [3.8, 4) is 0 Å². The number of hydrogen-bond donors (Lipinski definition) is 3. The van der Waals surface area contributed by atoms with Crippen LogP contribution in [0.5, 0.6) is 0 Å². The van der Waals surface area contributed by atoms with Crippen molar-refractivity contribution in [2.24, 2.45) is 5.73 Å². The van der Waals surface area contributed by atoms with E-state index >= 15 is 4.39 Å². The van der Waals surface area contributed by atoms with Gasteiger partial charge in [0.15, 0.2) is 0 Å². The van der Waals surface area contributed by atoms with Crippen LogP contribution in [-0.2, 0) is 46.5 Å². The van der Waals surface area contributed by atoms with Crippen LogP contribution in [0.25, 0.3) is 0 Å². The van der Waals surface area contributed by atoms with Gasteiger partial charge < -0.3 is 21.1 Å². The van der Waals surface area contributed by atoms with E-state index in [1.165, 1.54) is 6.92 Å². The number of likely N-dealkylation sites (tertiary alicyclic amines) is 1. The number of nitrogens with zero attached hydrogens (tertiary/aromatic N) is 3. The van der Waals surface area contributed by atoms with E-state index in [1.54, 1.807) is 74.5 Å². The molecule has 294 valence electrons. The number of rotatable bonds is 18. The van der Waals surface area contributed by atoms with Gasteiger partial charge in [0.25, 0.3) is 11.7 Å². The van der Waals surface area contributed by atoms with Crippen molar-refractivity contribution in [1.29, 1.82) is 0 Å². The molecule has 0 aromatic heterocycles. The maximum Gasteiger partial charge on any atom is 0.417 e. The Morgan fingerprint density at radius 2 is 1.56 bits per heavy atom. The summed E-state index contributed by atoms with van der Waals surface area (Å²) < 4.78 is 35.6. The molecular weight excluding hydrogens is 706 g/mol. The van der Waals surface area contributed by atoms with Gasteiger partial charge in [-0.2, -0.15) is 5.12 Å². The van der Waals surface area contributed by atoms with E-state index in [0.29, 0.717) is 40.8 Å². The number of ether oxygens (including phenoxy) is 1. The van der Waals surface area contributed by atoms with Crippen LogP contribution in [0.3, 0.4) is 0 Å². The molecule has 1 aliphatic heterocycles. The third-order valence-electron chi connectivity index (χ3n) is 8.94. The number of hydrogen-bond acceptors (Lipinski definition) is 9. The van der Waals surface area contributed by atoms with Crippen molar-refractivity contribution in [3.05, 3.63) is 71.8 Å². The number of alkyl halides is 1. The highest BCUT2D eigenvalue weighted by Gasteiger charge is 2.48. The fourth-order valence-corrected chi connectivity index (χ4v) is 6.01. The zero-order chi connectivity index (χ0) is 40.0. The van der Waals surface area contributed by atoms with Gasteiger partial charge >= 0.3 is 12.0 Å². The number of carbonyl (C=O) groups excluding carboxylic acids is 7. The predicted molar refractivity (Wildman–Crippen MR) is 193 cm³/mol. The van der Waals surface area contributed by atoms with Crippen LogP contribution < -0.4 is 16.4 Å². The summed E-state index contributed by atoms with van der Waals surface area (Å²) in [4.78, 5) is 96.2. The lowest BCUT2D eigenvalue weighted by molar-refractivity contribution is -0.162. The number of imide groups is 2. The fraction of sp³-hybridized carbons (Fsp3) is 0.500. The lowest BCUT2D eigenvalue weighted by Gasteiger charge is -2.34. The van der Waals surface area contributed by atoms with Gasteiger partial charge in [0, 0.05) is 26.3 Å². The van der Waals surface area contributed by atoms with E-state index in [-0.39, 0.29) is 45.1 Å². The van der Waals surface area contributed by atoms with Gasteiger partial charge in [0.2, 0.25) is 23.6 Å². The minimum absolute atomic E-state index is 0.111. The second kappa shape index (κ2) is 20.3. The summed E-state index contributed by atoms with van der Waals surface area (Å²) in [6.07, 6.45) is -1.23. The molecule has 16 heteroatoms. The summed E-state index contributed by atoms with van der Waals surface area (Å²) in [6, 6.07) is 10.9. The van der Waals surface area contributed by atoms with E-state index in [1.807, 2.05) is 5.32 Å². The molecule has 1 fully saturated rings. The quantitative estimate of drug-likeness (QED) is 0.151. The lowest BCUT2D eigenvalue weighted by Crippen LogP contribution is -2.62. The first-order valence-corrected chi connectivity index (χ1v) is 18.1. The van der Waals surface area contributed by atoms with E-state index < -0.39 is 83.0 Å². The molecule has 3 rings (SSSR count). The standard InChI is InChI=1S/C38H50F2N6O8/c1-5-7-19-29(33(49)42-28(23-26-15-11-9-12-16-26)32(48)43-38(39,22-8-6-2)36(52)44(4)40)46(37(53)54-24-27-17-13-10-14-18-27)35(51)30-20-21-31(47)45(30)34(50)25(3)41/h9-18,25,28-30H,5-8,19-24,41H2,1-4H3,(H,42,49)(H,43,48)/t25-,28-,29-,30-,38-/m0/s1. The molecule has 54 heavy (non-hydrogen) atoms. The Labute approximate surface area is 313 Å². The molecule has 2 aromatic rings. The molecule has 1 saturated heterocycles. The van der Waals surface area contributed by atoms with Gasteiger partial charge in [-0.1, -0.05) is 98.3 Å². The zero-order valence-electron chi connectivity index (χ0n) is 31.1. The first kappa shape index (κ1) is 43.2. The molecule has 4 N–H and O–H groups in total. The number of amides is 7. The summed E-state index contributed by atoms with van der Waals surface area (Å²) in [5, 5.41) is 4.05. The Balaban J connectivity index is 2.07. The molecule has 7 amide bonds. The zero-order valence-corrected chi connectivity index (χ0v) is 31.1. The van der Waals surface area contributed by atoms with Crippen LogP contribution in [0.1, 0.15) is 83.3 Å². The fourth-order valence-electron chi connectivity index (χ4n) is 6.01. The van der Waals surface area contributed by atoms with Crippen LogP contribution in [0.4, 0.5) is 13.7 Å². The number of nitrogens with two attached hydrogens (primary N) is 1. The molecule has 0 unspecified atom stereocenters. The van der Waals surface area contributed by atoms with Gasteiger partial charge in [-0.15, -0.1) is 0 Å². The lowest BCUT2D eigenvalue weighted by atomic mass is 10.0. The maximum absolute atomic E-state index is 16.1. The number of benzene rings is 2. The van der Waals surface area contributed by atoms with Crippen LogP contribution in [0.15, 0.2) is 60.7 Å². The van der Waals surface area contributed by atoms with Crippen LogP contribution in [0.2, 0.25) is 0 Å². The average molecular weight is 757 g/mol. The number of likely N-dealkylation sites (N-methyl/N-ethyl adjacent to an activating group) is 1. The molecule has 0 spiro atoms. The number of nitrogens with one attached hydrogen (secondary N) is 2. The van der Waals surface area contributed by atoms with Crippen molar-refractivity contribution in [2.45, 2.75) is 115 Å². The van der Waals surface area contributed by atoms with Gasteiger partial charge in [-0.25, -0.2) is 14.1 Å². The van der Waals surface area contributed by atoms with E-state index in [4.69, 9.17) is 10.5 Å². The highest BCUT2D eigenvalue weighted by Crippen LogP contribution is 2.26. The largest absolute Gasteiger partial charge is 0.444 e. The minimum atomic E-state index is -3.16. The monoisotopic (exact) mass is 756 g/mol. The number of unbranched alkanes of at least 4 members (excludes halogenated alkanes) is 2. The Hall–Kier alpha value is -5.25. The first-order chi connectivity index (χ1) is 25.6. The van der Waals surface area contributed by atoms with Gasteiger partial charge in [-0.3, -0.25) is 33.7 Å². The smallest absolute Gasteiger partial charge is 0.417 e. The van der Waals surface area contributed by atoms with Crippen molar-refractivity contribution in [2.75, 3.05) is 7.05 Å². The summed E-state index contributed by atoms with van der Waals surface area (Å²) in [6.45, 7) is 4.55. The van der Waals surface area contributed by atoms with Crippen LogP contribution in [0, 0.1) is 0 Å². The number of carbonyl (C=O) groups is 7. The maximum atomic E-state index is 16.1. The summed E-state index contributed by atoms with van der Waals surface area (Å²) >= 11 is 0. The highest BCUT2D eigenvalue weighted by molar-refractivity contribution is 6.08. The third-order valence-corrected chi connectivity index (χ3v) is 8.94. The Morgan fingerprint density at radius 1 is 0.963 bits per heavy atom. The molecule has 0 saturated carbocycles. The first-order valence-electron chi connectivity index (χ1n) is 18.1. The minimum Gasteiger partial charge on any atom is -0.444 e. The van der Waals surface area contributed by atoms with Crippen LogP contribution in [-0.4, -0.2) is 93.5 Å². The van der Waals surface area contributed by atoms with Gasteiger partial charge in [0.05, 0.1) is 6.04 Å². The Morgan fingerprint density at radius 3 is 2.11 bits per heavy atom. The summed E-state index contributed by atoms with van der Waals surface area (Å²) in [7, 11) is 0.694. The van der Waals surface area contributed by atoms with E-state index in [2.05, 4.69) is 5.32 Å². The molecule has 5 atom stereocenters. The van der Waals surface area contributed by atoms with Crippen LogP contribution >= 0.6 is 0 Å². The molecule has 0 radical (unpaired) electrons. The van der Waals surface area contributed by atoms with Crippen molar-refractivity contribution in [3.63, 3.8) is 0 Å². The molecule has 1 heterocycles. The molecule has 14 nitrogen and oxygen atoms in total. The predicted octanol–water partition coefficient (Wildman–Crippen LogP) is 3.62. The highest BCUT2D eigenvalue weighted by atomic mass is 19.2. The molecule has 1 aliphatic rings. The van der Waals surface area contributed by atoms with E-state index in [9.17, 15) is 38.0 Å². The average Bonchev–Trinajstić information content (AvgIpc) is 3.54. The van der Waals surface area contributed by atoms with Crippen molar-refractivity contribution in [1.82, 2.24) is 25.6 Å². The summed E-state index contributed by atoms with van der Waals surface area (Å²) in [5.74, 6) is -9.62. The second-order valence-electron chi connectivity index (χ2n) is 13.3. The molecule has 2 aromatic carbocycles. The third kappa shape index (κ3) is 11.4.